The summed E-state index contributed by atoms with van der Waals surface area (Å²) in [6.07, 6.45) is -5.89. The van der Waals surface area contributed by atoms with Crippen LogP contribution < -0.4 is 16.5 Å². The molecule has 4 N–H and O–H groups in total. The van der Waals surface area contributed by atoms with Gasteiger partial charge in [-0.1, -0.05) is 57.9 Å². The SMILES string of the molecule is CC1(c2ccccc2)C(=O)Nc2nc(N/N=C(/CCC(F)(F)F)c3cc(Cl)ccc3Br)nc(N)c21. The lowest BCUT2D eigenvalue weighted by Gasteiger charge is -2.23. The Hall–Kier alpha value is -3.18. The molecular formula is C23H19BrClF3N6O. The van der Waals surface area contributed by atoms with Crippen molar-refractivity contribution in [3.05, 3.63) is 74.7 Å². The van der Waals surface area contributed by atoms with Crippen molar-refractivity contribution >= 4 is 56.7 Å². The highest BCUT2D eigenvalue weighted by molar-refractivity contribution is 9.10. The average Bonchev–Trinajstić information content (AvgIpc) is 3.06. The number of anilines is 3. The molecule has 0 radical (unpaired) electrons. The Kier molecular flexibility index (Phi) is 6.74. The van der Waals surface area contributed by atoms with Gasteiger partial charge in [-0.05, 0) is 30.7 Å². The molecule has 3 aromatic rings. The summed E-state index contributed by atoms with van der Waals surface area (Å²) in [4.78, 5) is 21.4. The number of carbonyl (C=O) groups excluding carboxylic acids is 1. The van der Waals surface area contributed by atoms with Crippen molar-refractivity contribution < 1.29 is 18.0 Å². The van der Waals surface area contributed by atoms with Gasteiger partial charge in [0, 0.05) is 27.9 Å². The van der Waals surface area contributed by atoms with Gasteiger partial charge in [-0.15, -0.1) is 0 Å². The molecule has 1 amide bonds. The van der Waals surface area contributed by atoms with Gasteiger partial charge in [0.2, 0.25) is 11.9 Å². The molecule has 0 bridgehead atoms. The molecular weight excluding hydrogens is 549 g/mol. The topological polar surface area (TPSA) is 105 Å². The zero-order valence-corrected chi connectivity index (χ0v) is 20.6. The number of nitrogen functional groups attached to an aromatic ring is 1. The summed E-state index contributed by atoms with van der Waals surface area (Å²) in [7, 11) is 0. The highest BCUT2D eigenvalue weighted by Gasteiger charge is 2.47. The number of nitrogens with one attached hydrogen (secondary N) is 2. The molecule has 2 heterocycles. The number of nitrogens with two attached hydrogens (primary N) is 1. The molecule has 0 spiro atoms. The molecule has 2 aromatic carbocycles. The number of fused-ring (bicyclic) bond motifs is 1. The summed E-state index contributed by atoms with van der Waals surface area (Å²) in [6, 6.07) is 13.8. The smallest absolute Gasteiger partial charge is 0.383 e. The Morgan fingerprint density at radius 1 is 1.23 bits per heavy atom. The van der Waals surface area contributed by atoms with E-state index in [1.807, 2.05) is 18.2 Å². The summed E-state index contributed by atoms with van der Waals surface area (Å²) < 4.78 is 39.3. The molecule has 7 nitrogen and oxygen atoms in total. The summed E-state index contributed by atoms with van der Waals surface area (Å²) >= 11 is 9.37. The maximum Gasteiger partial charge on any atom is 0.389 e. The Morgan fingerprint density at radius 3 is 2.63 bits per heavy atom. The Balaban J connectivity index is 1.70. The number of aromatic nitrogens is 2. The molecule has 1 aliphatic rings. The van der Waals surface area contributed by atoms with Gasteiger partial charge in [0.1, 0.15) is 17.1 Å². The van der Waals surface area contributed by atoms with E-state index < -0.39 is 24.4 Å². The average molecular weight is 568 g/mol. The molecule has 182 valence electrons. The van der Waals surface area contributed by atoms with Crippen LogP contribution in [0.3, 0.4) is 0 Å². The third kappa shape index (κ3) is 5.10. The van der Waals surface area contributed by atoms with Gasteiger partial charge >= 0.3 is 6.18 Å². The van der Waals surface area contributed by atoms with Crippen LogP contribution in [0.1, 0.15) is 36.5 Å². The predicted octanol–water partition coefficient (Wildman–Crippen LogP) is 5.89. The van der Waals surface area contributed by atoms with Crippen LogP contribution >= 0.6 is 27.5 Å². The van der Waals surface area contributed by atoms with Crippen molar-refractivity contribution in [1.29, 1.82) is 0 Å². The second-order valence-corrected chi connectivity index (χ2v) is 9.30. The van der Waals surface area contributed by atoms with E-state index in [1.165, 1.54) is 6.07 Å². The summed E-state index contributed by atoms with van der Waals surface area (Å²) in [5.74, 6) is -0.166. The quantitative estimate of drug-likeness (QED) is 0.254. The van der Waals surface area contributed by atoms with Gasteiger partial charge in [0.05, 0.1) is 11.3 Å². The largest absolute Gasteiger partial charge is 0.389 e. The van der Waals surface area contributed by atoms with Gasteiger partial charge in [-0.2, -0.15) is 28.2 Å². The first-order valence-electron chi connectivity index (χ1n) is 10.4. The number of amides is 1. The normalized spacial score (nSPS) is 17.8. The van der Waals surface area contributed by atoms with Crippen LogP contribution in [0.2, 0.25) is 5.02 Å². The molecule has 1 unspecified atom stereocenters. The lowest BCUT2D eigenvalue weighted by Crippen LogP contribution is -2.32. The van der Waals surface area contributed by atoms with E-state index in [-0.39, 0.29) is 29.2 Å². The molecule has 1 aliphatic heterocycles. The zero-order valence-electron chi connectivity index (χ0n) is 18.3. The third-order valence-electron chi connectivity index (χ3n) is 5.65. The first-order valence-corrected chi connectivity index (χ1v) is 11.6. The lowest BCUT2D eigenvalue weighted by atomic mass is 9.78. The highest BCUT2D eigenvalue weighted by Crippen LogP contribution is 2.44. The monoisotopic (exact) mass is 566 g/mol. The number of hydrazone groups is 1. The maximum absolute atomic E-state index is 12.9. The van der Waals surface area contributed by atoms with Crippen molar-refractivity contribution in [1.82, 2.24) is 9.97 Å². The molecule has 35 heavy (non-hydrogen) atoms. The Morgan fingerprint density at radius 2 is 1.94 bits per heavy atom. The van der Waals surface area contributed by atoms with E-state index in [2.05, 4.69) is 41.7 Å². The predicted molar refractivity (Wildman–Crippen MR) is 133 cm³/mol. The zero-order chi connectivity index (χ0) is 25.4. The van der Waals surface area contributed by atoms with E-state index in [9.17, 15) is 18.0 Å². The second-order valence-electron chi connectivity index (χ2n) is 8.01. The molecule has 12 heteroatoms. The van der Waals surface area contributed by atoms with Crippen molar-refractivity contribution in [2.24, 2.45) is 5.10 Å². The number of halogens is 5. The van der Waals surface area contributed by atoms with Crippen LogP contribution in [-0.2, 0) is 10.2 Å². The summed E-state index contributed by atoms with van der Waals surface area (Å²) in [5, 5.41) is 7.19. The van der Waals surface area contributed by atoms with Gasteiger partial charge in [-0.25, -0.2) is 5.43 Å². The molecule has 0 fully saturated rings. The summed E-state index contributed by atoms with van der Waals surface area (Å²) in [5.41, 5.74) is 9.29. The fraction of sp³-hybridized carbons (Fsp3) is 0.217. The number of alkyl halides is 3. The number of nitrogens with zero attached hydrogens (tertiary/aromatic N) is 3. The van der Waals surface area contributed by atoms with Crippen LogP contribution in [0.4, 0.5) is 30.8 Å². The molecule has 0 saturated carbocycles. The van der Waals surface area contributed by atoms with Crippen LogP contribution in [0.5, 0.6) is 0 Å². The van der Waals surface area contributed by atoms with Crippen LogP contribution in [0.15, 0.2) is 58.1 Å². The van der Waals surface area contributed by atoms with Crippen molar-refractivity contribution in [3.8, 4) is 0 Å². The Bertz CT molecular complexity index is 1320. The second kappa shape index (κ2) is 9.46. The lowest BCUT2D eigenvalue weighted by molar-refractivity contribution is -0.132. The van der Waals surface area contributed by atoms with Crippen molar-refractivity contribution in [2.45, 2.75) is 31.4 Å². The fourth-order valence-corrected chi connectivity index (χ4v) is 4.50. The van der Waals surface area contributed by atoms with Crippen LogP contribution in [0.25, 0.3) is 0 Å². The van der Waals surface area contributed by atoms with Gasteiger partial charge in [-0.3, -0.25) is 4.79 Å². The van der Waals surface area contributed by atoms with E-state index >= 15 is 0 Å². The number of benzene rings is 2. The maximum atomic E-state index is 12.9. The minimum atomic E-state index is -4.38. The molecule has 1 aromatic heterocycles. The molecule has 0 saturated heterocycles. The third-order valence-corrected chi connectivity index (χ3v) is 6.58. The van der Waals surface area contributed by atoms with Gasteiger partial charge < -0.3 is 11.1 Å². The Labute approximate surface area is 212 Å². The minimum Gasteiger partial charge on any atom is -0.383 e. The molecule has 4 rings (SSSR count). The number of hydrogen-bond acceptors (Lipinski definition) is 6. The first-order chi connectivity index (χ1) is 16.5. The molecule has 1 atom stereocenters. The number of rotatable bonds is 6. The van der Waals surface area contributed by atoms with Crippen molar-refractivity contribution in [2.75, 3.05) is 16.5 Å². The highest BCUT2D eigenvalue weighted by atomic mass is 79.9. The van der Waals surface area contributed by atoms with E-state index in [0.717, 1.165) is 0 Å². The van der Waals surface area contributed by atoms with Gasteiger partial charge in [0.25, 0.3) is 0 Å². The van der Waals surface area contributed by atoms with Crippen LogP contribution in [-0.4, -0.2) is 27.8 Å². The fourth-order valence-electron chi connectivity index (χ4n) is 3.85. The van der Waals surface area contributed by atoms with Crippen molar-refractivity contribution in [3.63, 3.8) is 0 Å². The van der Waals surface area contributed by atoms with Crippen LogP contribution in [0, 0.1) is 0 Å². The standard InChI is InChI=1S/C23H19BrClF3N6O/c1-22(12-5-3-2-4-6-12)17-18(29)30-21(32-19(17)31-20(22)35)34-33-16(9-10-23(26,27)28)14-11-13(25)7-8-15(14)24/h2-8,11H,9-10H2,1H3,(H4,29,30,31,32,34,35)/b33-16-. The molecule has 0 aliphatic carbocycles. The number of carbonyl (C=O) groups is 1. The minimum absolute atomic E-state index is 0.0400. The number of hydrogen-bond donors (Lipinski definition) is 3. The summed E-state index contributed by atoms with van der Waals surface area (Å²) in [6.45, 7) is 1.72. The van der Waals surface area contributed by atoms with E-state index in [1.54, 1.807) is 31.2 Å². The van der Waals surface area contributed by atoms with E-state index in [4.69, 9.17) is 17.3 Å². The first kappa shape index (κ1) is 24.9. The van der Waals surface area contributed by atoms with Gasteiger partial charge in [0.15, 0.2) is 0 Å². The van der Waals surface area contributed by atoms with E-state index in [0.29, 0.717) is 26.2 Å².